The Morgan fingerprint density at radius 1 is 1.29 bits per heavy atom. The third-order valence-corrected chi connectivity index (χ3v) is 2.29. The monoisotopic (exact) mass is 237 g/mol. The zero-order valence-electron chi connectivity index (χ0n) is 11.1. The molecule has 0 radical (unpaired) electrons. The molecule has 0 aliphatic carbocycles. The number of aryl methyl sites for hydroxylation is 2. The summed E-state index contributed by atoms with van der Waals surface area (Å²) in [6.45, 7) is 6.62. The van der Waals surface area contributed by atoms with E-state index in [9.17, 15) is 0 Å². The van der Waals surface area contributed by atoms with Crippen LogP contribution in [-0.2, 0) is 17.8 Å². The van der Waals surface area contributed by atoms with E-state index in [-0.39, 0.29) is 0 Å². The molecule has 17 heavy (non-hydrogen) atoms. The van der Waals surface area contributed by atoms with Gasteiger partial charge in [0.25, 0.3) is 0 Å². The van der Waals surface area contributed by atoms with Crippen molar-refractivity contribution in [3.05, 3.63) is 30.1 Å². The Bertz CT molecular complexity index is 320. The quantitative estimate of drug-likeness (QED) is 0.728. The van der Waals surface area contributed by atoms with Gasteiger partial charge in [-0.25, -0.2) is 4.57 Å². The zero-order chi connectivity index (χ0) is 13.1. The third-order valence-electron chi connectivity index (χ3n) is 2.29. The number of pyridine rings is 1. The molecular formula is C14H23NO2. The molecule has 96 valence electrons. The van der Waals surface area contributed by atoms with E-state index in [1.807, 2.05) is 0 Å². The third kappa shape index (κ3) is 8.43. The molecular weight excluding hydrogens is 214 g/mol. The molecule has 0 N–H and O–H groups in total. The largest absolute Gasteiger partial charge is 0.550 e. The van der Waals surface area contributed by atoms with E-state index >= 15 is 0 Å². The van der Waals surface area contributed by atoms with Crippen LogP contribution in [0.4, 0.5) is 0 Å². The molecule has 0 aromatic carbocycles. The van der Waals surface area contributed by atoms with Gasteiger partial charge in [-0.15, -0.1) is 0 Å². The molecule has 0 bridgehead atoms. The maximum Gasteiger partial charge on any atom is 0.181 e. The maximum atomic E-state index is 8.89. The highest BCUT2D eigenvalue weighted by Gasteiger charge is 2.06. The summed E-state index contributed by atoms with van der Waals surface area (Å²) in [5.41, 5.74) is 1.47. The first-order chi connectivity index (χ1) is 8.11. The lowest BCUT2D eigenvalue weighted by molar-refractivity contribution is -0.704. The fraction of sp³-hybridized carbons (Fsp3) is 0.571. The van der Waals surface area contributed by atoms with Crippen LogP contribution >= 0.6 is 0 Å². The molecule has 3 heteroatoms. The number of carbonyl (C=O) groups is 1. The molecule has 1 heterocycles. The number of nitrogens with zero attached hydrogens (tertiary/aromatic N) is 1. The van der Waals surface area contributed by atoms with Gasteiger partial charge in [0, 0.05) is 30.9 Å². The Hall–Kier alpha value is -1.38. The summed E-state index contributed by atoms with van der Waals surface area (Å²) in [4.78, 5) is 8.89. The Labute approximate surface area is 104 Å². The van der Waals surface area contributed by atoms with Crippen LogP contribution in [0.2, 0.25) is 0 Å². The maximum absolute atomic E-state index is 8.89. The summed E-state index contributed by atoms with van der Waals surface area (Å²) in [6, 6.07) is 6.49. The molecule has 1 rings (SSSR count). The average molecular weight is 237 g/mol. The molecule has 0 amide bonds. The number of hydrogen-bond donors (Lipinski definition) is 0. The Kier molecular flexibility index (Phi) is 9.02. The molecule has 1 aromatic heterocycles. The minimum atomic E-state index is -1.08. The van der Waals surface area contributed by atoms with Crippen molar-refractivity contribution in [2.75, 3.05) is 0 Å². The summed E-state index contributed by atoms with van der Waals surface area (Å²) in [6.07, 6.45) is 7.18. The highest BCUT2D eigenvalue weighted by Crippen LogP contribution is 1.97. The van der Waals surface area contributed by atoms with Crippen LogP contribution in [0, 0.1) is 0 Å². The second-order valence-electron chi connectivity index (χ2n) is 3.98. The van der Waals surface area contributed by atoms with E-state index in [2.05, 4.69) is 42.8 Å². The Morgan fingerprint density at radius 3 is 2.47 bits per heavy atom. The first-order valence-electron chi connectivity index (χ1n) is 6.26. The molecule has 1 aromatic rings. The number of aromatic nitrogens is 1. The van der Waals surface area contributed by atoms with Crippen molar-refractivity contribution in [2.45, 2.75) is 53.0 Å². The number of carboxylic acids is 1. The molecule has 0 fully saturated rings. The first-order valence-corrected chi connectivity index (χ1v) is 6.26. The number of unbranched alkanes of at least 4 members (excludes halogenated alkanes) is 1. The van der Waals surface area contributed by atoms with Gasteiger partial charge in [0.15, 0.2) is 11.9 Å². The van der Waals surface area contributed by atoms with Crippen molar-refractivity contribution < 1.29 is 14.5 Å². The number of carbonyl (C=O) groups excluding carboxylic acids is 1. The summed E-state index contributed by atoms with van der Waals surface area (Å²) in [7, 11) is 0. The normalized spacial score (nSPS) is 9.35. The van der Waals surface area contributed by atoms with Gasteiger partial charge in [-0.3, -0.25) is 0 Å². The minimum Gasteiger partial charge on any atom is -0.550 e. The van der Waals surface area contributed by atoms with Gasteiger partial charge < -0.3 is 9.90 Å². The average Bonchev–Trinajstić information content (AvgIpc) is 2.28. The van der Waals surface area contributed by atoms with E-state index in [0.29, 0.717) is 0 Å². The van der Waals surface area contributed by atoms with Crippen LogP contribution in [0.5, 0.6) is 0 Å². The SMILES string of the molecule is CC(=O)[O-].CCCC[n+]1ccccc1CCC. The van der Waals surface area contributed by atoms with Crippen LogP contribution in [0.25, 0.3) is 0 Å². The highest BCUT2D eigenvalue weighted by atomic mass is 16.4. The molecule has 0 aliphatic rings. The predicted octanol–water partition coefficient (Wildman–Crippen LogP) is 1.48. The van der Waals surface area contributed by atoms with Crippen LogP contribution in [-0.4, -0.2) is 5.97 Å². The van der Waals surface area contributed by atoms with Gasteiger partial charge in [-0.1, -0.05) is 26.3 Å². The van der Waals surface area contributed by atoms with Crippen LogP contribution in [0.3, 0.4) is 0 Å². The van der Waals surface area contributed by atoms with E-state index in [0.717, 1.165) is 6.92 Å². The van der Waals surface area contributed by atoms with E-state index in [4.69, 9.17) is 9.90 Å². The lowest BCUT2D eigenvalue weighted by atomic mass is 10.2. The van der Waals surface area contributed by atoms with Gasteiger partial charge in [-0.05, 0) is 13.3 Å². The lowest BCUT2D eigenvalue weighted by Crippen LogP contribution is -2.37. The van der Waals surface area contributed by atoms with Gasteiger partial charge >= 0.3 is 0 Å². The van der Waals surface area contributed by atoms with Crippen molar-refractivity contribution >= 4 is 5.97 Å². The first kappa shape index (κ1) is 15.6. The highest BCUT2D eigenvalue weighted by molar-refractivity contribution is 5.60. The number of carboxylic acid groups (broad SMARTS) is 1. The van der Waals surface area contributed by atoms with Gasteiger partial charge in [0.1, 0.15) is 6.54 Å². The van der Waals surface area contributed by atoms with Crippen molar-refractivity contribution in [2.24, 2.45) is 0 Å². The second-order valence-corrected chi connectivity index (χ2v) is 3.98. The summed E-state index contributed by atoms with van der Waals surface area (Å²) >= 11 is 0. The van der Waals surface area contributed by atoms with Crippen LogP contribution in [0.15, 0.2) is 24.4 Å². The standard InChI is InChI=1S/C12H20N.C2H4O2/c1-3-5-10-13-11-7-6-9-12(13)8-4-2;1-2(3)4/h6-7,9,11H,3-5,8,10H2,1-2H3;1H3,(H,3,4)/q+1;/p-1. The van der Waals surface area contributed by atoms with Crippen molar-refractivity contribution in [3.8, 4) is 0 Å². The number of rotatable bonds is 5. The molecule has 0 atom stereocenters. The molecule has 0 unspecified atom stereocenters. The molecule has 0 spiro atoms. The predicted molar refractivity (Wildman–Crippen MR) is 66.2 cm³/mol. The molecule has 3 nitrogen and oxygen atoms in total. The Balaban J connectivity index is 0.000000557. The topological polar surface area (TPSA) is 44.0 Å². The zero-order valence-corrected chi connectivity index (χ0v) is 11.1. The number of aliphatic carboxylic acids is 1. The fourth-order valence-corrected chi connectivity index (χ4v) is 1.54. The van der Waals surface area contributed by atoms with Gasteiger partial charge in [0.2, 0.25) is 0 Å². The minimum absolute atomic E-state index is 0.972. The van der Waals surface area contributed by atoms with Crippen molar-refractivity contribution in [1.82, 2.24) is 0 Å². The van der Waals surface area contributed by atoms with E-state index in [1.54, 1.807) is 0 Å². The van der Waals surface area contributed by atoms with Crippen molar-refractivity contribution in [1.29, 1.82) is 0 Å². The van der Waals surface area contributed by atoms with E-state index in [1.165, 1.54) is 37.9 Å². The fourth-order valence-electron chi connectivity index (χ4n) is 1.54. The molecule has 0 saturated heterocycles. The van der Waals surface area contributed by atoms with Gasteiger partial charge in [0.05, 0.1) is 0 Å². The van der Waals surface area contributed by atoms with Crippen LogP contribution < -0.4 is 9.67 Å². The molecule has 0 saturated carbocycles. The van der Waals surface area contributed by atoms with Crippen molar-refractivity contribution in [3.63, 3.8) is 0 Å². The number of hydrogen-bond acceptors (Lipinski definition) is 2. The van der Waals surface area contributed by atoms with Crippen LogP contribution in [0.1, 0.15) is 45.7 Å². The Morgan fingerprint density at radius 2 is 1.94 bits per heavy atom. The summed E-state index contributed by atoms with van der Waals surface area (Å²) in [5, 5.41) is 8.89. The van der Waals surface area contributed by atoms with Gasteiger partial charge in [-0.2, -0.15) is 0 Å². The molecule has 0 aliphatic heterocycles. The summed E-state index contributed by atoms with van der Waals surface area (Å²) in [5.74, 6) is -1.08. The lowest BCUT2D eigenvalue weighted by Gasteiger charge is -2.01. The second kappa shape index (κ2) is 9.82. The summed E-state index contributed by atoms with van der Waals surface area (Å²) < 4.78 is 2.38. The smallest absolute Gasteiger partial charge is 0.181 e. The van der Waals surface area contributed by atoms with E-state index < -0.39 is 5.97 Å².